The molecule has 1 N–H and O–H groups in total. The van der Waals surface area contributed by atoms with Gasteiger partial charge in [0.05, 0.1) is 4.47 Å². The smallest absolute Gasteiger partial charge is 0.349 e. The van der Waals surface area contributed by atoms with E-state index in [2.05, 4.69) is 21.2 Å². The van der Waals surface area contributed by atoms with E-state index in [-0.39, 0.29) is 12.2 Å². The first-order valence-electron chi connectivity index (χ1n) is 9.11. The highest BCUT2D eigenvalue weighted by Crippen LogP contribution is 2.23. The molecule has 0 heterocycles. The Morgan fingerprint density at radius 3 is 2.55 bits per heavy atom. The number of rotatable bonds is 9. The average molecular weight is 457 g/mol. The van der Waals surface area contributed by atoms with Crippen molar-refractivity contribution in [2.75, 3.05) is 13.2 Å². The number of unbranched alkanes of at least 4 members (excludes halogenated alkanes) is 1. The topological polar surface area (TPSA) is 88.4 Å². The summed E-state index contributed by atoms with van der Waals surface area (Å²) in [5.41, 5.74) is 0.671. The van der Waals surface area contributed by atoms with Crippen LogP contribution >= 0.6 is 15.9 Å². The molecule has 0 aliphatic carbocycles. The number of benzene rings is 2. The Bertz CT molecular complexity index is 917. The maximum absolute atomic E-state index is 12.0. The van der Waals surface area contributed by atoms with Crippen LogP contribution < -0.4 is 14.8 Å². The molecular weight excluding hydrogens is 436 g/mol. The molecule has 0 fully saturated rings. The largest absolute Gasteiger partial charge is 0.481 e. The van der Waals surface area contributed by atoms with Gasteiger partial charge in [-0.25, -0.2) is 4.79 Å². The number of hydrogen-bond donors (Lipinski definition) is 1. The van der Waals surface area contributed by atoms with E-state index in [1.165, 1.54) is 6.08 Å². The summed E-state index contributed by atoms with van der Waals surface area (Å²) < 4.78 is 11.4. The van der Waals surface area contributed by atoms with Crippen molar-refractivity contribution in [2.24, 2.45) is 0 Å². The van der Waals surface area contributed by atoms with Gasteiger partial charge in [-0.1, -0.05) is 37.6 Å². The Hall–Kier alpha value is -3.11. The second kappa shape index (κ2) is 11.7. The summed E-state index contributed by atoms with van der Waals surface area (Å²) in [5, 5.41) is 11.9. The molecule has 0 atom stereocenters. The van der Waals surface area contributed by atoms with Gasteiger partial charge in [-0.15, -0.1) is 0 Å². The van der Waals surface area contributed by atoms with Crippen molar-refractivity contribution in [3.8, 4) is 17.6 Å². The van der Waals surface area contributed by atoms with E-state index in [9.17, 15) is 14.9 Å². The molecule has 0 aliphatic heterocycles. The second-order valence-electron chi connectivity index (χ2n) is 6.04. The maximum Gasteiger partial charge on any atom is 0.349 e. The van der Waals surface area contributed by atoms with Gasteiger partial charge in [-0.05, 0) is 58.3 Å². The molecule has 0 unspecified atom stereocenters. The maximum atomic E-state index is 12.0. The molecule has 29 heavy (non-hydrogen) atoms. The first-order chi connectivity index (χ1) is 14.0. The van der Waals surface area contributed by atoms with Crippen LogP contribution in [0.5, 0.6) is 11.5 Å². The monoisotopic (exact) mass is 456 g/mol. The zero-order valence-electron chi connectivity index (χ0n) is 16.0. The summed E-state index contributed by atoms with van der Waals surface area (Å²) in [6, 6.07) is 15.6. The minimum absolute atomic E-state index is 0.0210. The summed E-state index contributed by atoms with van der Waals surface area (Å²) in [6.45, 7) is 2.32. The number of esters is 1. The molecule has 150 valence electrons. The van der Waals surface area contributed by atoms with Gasteiger partial charge >= 0.3 is 5.97 Å². The molecule has 2 aromatic rings. The summed E-state index contributed by atoms with van der Waals surface area (Å²) >= 11 is 3.34. The number of ether oxygens (including phenoxy) is 2. The lowest BCUT2D eigenvalue weighted by atomic mass is 10.1. The minimum atomic E-state index is -0.544. The molecule has 0 aliphatic rings. The van der Waals surface area contributed by atoms with E-state index < -0.39 is 11.9 Å². The van der Waals surface area contributed by atoms with Crippen LogP contribution in [0.3, 0.4) is 0 Å². The summed E-state index contributed by atoms with van der Waals surface area (Å²) in [4.78, 5) is 23.9. The predicted octanol–water partition coefficient (Wildman–Crippen LogP) is 4.26. The minimum Gasteiger partial charge on any atom is -0.481 e. The summed E-state index contributed by atoms with van der Waals surface area (Å²) in [6.07, 6.45) is 3.30. The Morgan fingerprint density at radius 1 is 1.17 bits per heavy atom. The Balaban J connectivity index is 1.91. The highest BCUT2D eigenvalue weighted by Gasteiger charge is 2.10. The number of carbonyl (C=O) groups is 2. The van der Waals surface area contributed by atoms with Crippen molar-refractivity contribution in [1.82, 2.24) is 5.32 Å². The predicted molar refractivity (Wildman–Crippen MR) is 113 cm³/mol. The van der Waals surface area contributed by atoms with E-state index in [1.54, 1.807) is 36.4 Å². The van der Waals surface area contributed by atoms with Gasteiger partial charge in [0, 0.05) is 6.54 Å². The Labute approximate surface area is 178 Å². The molecule has 0 saturated heterocycles. The van der Waals surface area contributed by atoms with Crippen LogP contribution in [-0.2, 0) is 9.59 Å². The summed E-state index contributed by atoms with van der Waals surface area (Å²) in [5.74, 6) is -0.0577. The van der Waals surface area contributed by atoms with E-state index in [1.807, 2.05) is 25.1 Å². The molecule has 7 heteroatoms. The van der Waals surface area contributed by atoms with E-state index in [0.717, 1.165) is 17.3 Å². The van der Waals surface area contributed by atoms with Gasteiger partial charge in [0.1, 0.15) is 23.1 Å². The Kier molecular flexibility index (Phi) is 8.93. The number of nitriles is 1. The van der Waals surface area contributed by atoms with Gasteiger partial charge in [-0.2, -0.15) is 5.26 Å². The van der Waals surface area contributed by atoms with Crippen molar-refractivity contribution < 1.29 is 19.1 Å². The van der Waals surface area contributed by atoms with Gasteiger partial charge < -0.3 is 14.8 Å². The quantitative estimate of drug-likeness (QED) is 0.200. The molecule has 0 bridgehead atoms. The van der Waals surface area contributed by atoms with Crippen LogP contribution in [0.15, 0.2) is 58.6 Å². The molecular formula is C22H21BrN2O4. The van der Waals surface area contributed by atoms with Crippen LogP contribution in [0, 0.1) is 11.3 Å². The summed E-state index contributed by atoms with van der Waals surface area (Å²) in [7, 11) is 0. The van der Waals surface area contributed by atoms with Gasteiger partial charge in [-0.3, -0.25) is 4.79 Å². The molecule has 1 amide bonds. The third-order valence-electron chi connectivity index (χ3n) is 3.79. The van der Waals surface area contributed by atoms with Crippen LogP contribution in [0.4, 0.5) is 0 Å². The third kappa shape index (κ3) is 7.43. The Morgan fingerprint density at radius 2 is 1.90 bits per heavy atom. The molecule has 0 aromatic heterocycles. The third-order valence-corrected chi connectivity index (χ3v) is 4.44. The van der Waals surface area contributed by atoms with Crippen molar-refractivity contribution in [1.29, 1.82) is 5.26 Å². The first kappa shape index (κ1) is 22.2. The number of amides is 1. The number of carbonyl (C=O) groups excluding carboxylic acids is 2. The number of halogens is 1. The molecule has 2 aromatic carbocycles. The van der Waals surface area contributed by atoms with Gasteiger partial charge in [0.2, 0.25) is 0 Å². The average Bonchev–Trinajstić information content (AvgIpc) is 2.72. The molecule has 6 nitrogen and oxygen atoms in total. The van der Waals surface area contributed by atoms with E-state index in [4.69, 9.17) is 9.47 Å². The first-order valence-corrected chi connectivity index (χ1v) is 9.91. The van der Waals surface area contributed by atoms with E-state index >= 15 is 0 Å². The van der Waals surface area contributed by atoms with Crippen LogP contribution in [0.2, 0.25) is 0 Å². The second-order valence-corrected chi connectivity index (χ2v) is 6.90. The van der Waals surface area contributed by atoms with Crippen molar-refractivity contribution in [3.63, 3.8) is 0 Å². The van der Waals surface area contributed by atoms with Gasteiger partial charge in [0.15, 0.2) is 6.61 Å². The number of hydrogen-bond acceptors (Lipinski definition) is 5. The lowest BCUT2D eigenvalue weighted by Crippen LogP contribution is -2.25. The number of para-hydroxylation sites is 1. The van der Waals surface area contributed by atoms with Crippen LogP contribution in [0.1, 0.15) is 25.3 Å². The lowest BCUT2D eigenvalue weighted by molar-refractivity contribution is -0.136. The molecule has 2 rings (SSSR count). The van der Waals surface area contributed by atoms with Crippen LogP contribution in [-0.4, -0.2) is 25.0 Å². The fourth-order valence-electron chi connectivity index (χ4n) is 2.28. The van der Waals surface area contributed by atoms with Gasteiger partial charge in [0.25, 0.3) is 5.91 Å². The SMILES string of the molecule is CCCCNC(=O)/C(C#N)=C/c1ccc(OC(=O)COc2ccccc2Br)cc1. The van der Waals surface area contributed by atoms with Crippen molar-refractivity contribution in [3.05, 3.63) is 64.1 Å². The van der Waals surface area contributed by atoms with Crippen LogP contribution in [0.25, 0.3) is 6.08 Å². The van der Waals surface area contributed by atoms with Crippen molar-refractivity contribution in [2.45, 2.75) is 19.8 Å². The van der Waals surface area contributed by atoms with Crippen molar-refractivity contribution >= 4 is 33.9 Å². The zero-order chi connectivity index (χ0) is 21.1. The highest BCUT2D eigenvalue weighted by molar-refractivity contribution is 9.10. The molecule has 0 spiro atoms. The highest BCUT2D eigenvalue weighted by atomic mass is 79.9. The standard InChI is InChI=1S/C22H21BrN2O4/c1-2-3-12-25-22(27)17(14-24)13-16-8-10-18(11-9-16)29-21(26)15-28-20-7-5-4-6-19(20)23/h4-11,13H,2-3,12,15H2,1H3,(H,25,27)/b17-13+. The molecule has 0 radical (unpaired) electrons. The fourth-order valence-corrected chi connectivity index (χ4v) is 2.68. The van der Waals surface area contributed by atoms with E-state index in [0.29, 0.717) is 23.6 Å². The normalized spacial score (nSPS) is 10.7. The number of nitrogens with one attached hydrogen (secondary N) is 1. The number of nitrogens with zero attached hydrogens (tertiary/aromatic N) is 1. The fraction of sp³-hybridized carbons (Fsp3) is 0.227. The zero-order valence-corrected chi connectivity index (χ0v) is 17.6. The lowest BCUT2D eigenvalue weighted by Gasteiger charge is -2.08. The molecule has 0 saturated carbocycles.